The zero-order valence-corrected chi connectivity index (χ0v) is 14.3. The van der Waals surface area contributed by atoms with Crippen LogP contribution in [0.3, 0.4) is 0 Å². The first kappa shape index (κ1) is 16.1. The number of aromatic nitrogens is 1. The second-order valence-electron chi connectivity index (χ2n) is 5.97. The van der Waals surface area contributed by atoms with Crippen LogP contribution in [0.15, 0.2) is 23.2 Å². The van der Waals surface area contributed by atoms with Gasteiger partial charge in [0.1, 0.15) is 0 Å². The highest BCUT2D eigenvalue weighted by Crippen LogP contribution is 2.29. The van der Waals surface area contributed by atoms with Crippen molar-refractivity contribution < 1.29 is 0 Å². The van der Waals surface area contributed by atoms with E-state index in [4.69, 9.17) is 4.99 Å². The van der Waals surface area contributed by atoms with Crippen molar-refractivity contribution in [3.05, 3.63) is 29.6 Å². The molecule has 1 aromatic rings. The molecular weight excluding hydrogens is 280 g/mol. The Morgan fingerprint density at radius 2 is 2.29 bits per heavy atom. The molecule has 1 aliphatic rings. The molecular formula is C16H26N4S. The van der Waals surface area contributed by atoms with Crippen LogP contribution < -0.4 is 5.32 Å². The minimum atomic E-state index is 0.288. The lowest BCUT2D eigenvalue weighted by molar-refractivity contribution is 0.375. The van der Waals surface area contributed by atoms with Gasteiger partial charge >= 0.3 is 0 Å². The van der Waals surface area contributed by atoms with Crippen LogP contribution in [0.4, 0.5) is 0 Å². The Bertz CT molecular complexity index is 499. The zero-order chi connectivity index (χ0) is 15.3. The smallest absolute Gasteiger partial charge is 0.194 e. The summed E-state index contributed by atoms with van der Waals surface area (Å²) in [5, 5.41) is 3.41. The van der Waals surface area contributed by atoms with E-state index in [2.05, 4.69) is 36.0 Å². The zero-order valence-electron chi connectivity index (χ0n) is 13.5. The van der Waals surface area contributed by atoms with Crippen LogP contribution in [0, 0.1) is 6.92 Å². The SMILES string of the molecule is CCNC(=NCc1cccc(C)n1)N1CCSC(C)(C)C1. The molecule has 0 unspecified atom stereocenters. The molecule has 0 saturated carbocycles. The van der Waals surface area contributed by atoms with E-state index in [1.165, 1.54) is 0 Å². The lowest BCUT2D eigenvalue weighted by Crippen LogP contribution is -2.50. The van der Waals surface area contributed by atoms with Crippen LogP contribution in [0.5, 0.6) is 0 Å². The van der Waals surface area contributed by atoms with Crippen LogP contribution in [0.2, 0.25) is 0 Å². The minimum Gasteiger partial charge on any atom is -0.357 e. The molecule has 1 aliphatic heterocycles. The number of thioether (sulfide) groups is 1. The molecule has 0 aliphatic carbocycles. The molecule has 1 N–H and O–H groups in total. The molecule has 0 spiro atoms. The number of pyridine rings is 1. The van der Waals surface area contributed by atoms with Crippen LogP contribution in [0.1, 0.15) is 32.2 Å². The van der Waals surface area contributed by atoms with Gasteiger partial charge in [-0.05, 0) is 39.8 Å². The van der Waals surface area contributed by atoms with Gasteiger partial charge in [-0.15, -0.1) is 0 Å². The summed E-state index contributed by atoms with van der Waals surface area (Å²) in [5.74, 6) is 2.16. The third-order valence-electron chi connectivity index (χ3n) is 3.40. The fourth-order valence-corrected chi connectivity index (χ4v) is 3.58. The van der Waals surface area contributed by atoms with Crippen molar-refractivity contribution in [1.29, 1.82) is 0 Å². The second kappa shape index (κ2) is 7.16. The van der Waals surface area contributed by atoms with Crippen molar-refractivity contribution in [2.24, 2.45) is 4.99 Å². The Balaban J connectivity index is 2.08. The maximum Gasteiger partial charge on any atom is 0.194 e. The standard InChI is InChI=1S/C16H26N4S/c1-5-17-15(20-9-10-21-16(3,4)12-20)18-11-14-8-6-7-13(2)19-14/h6-8H,5,9-12H2,1-4H3,(H,17,18). The summed E-state index contributed by atoms with van der Waals surface area (Å²) in [7, 11) is 0. The molecule has 0 bridgehead atoms. The lowest BCUT2D eigenvalue weighted by Gasteiger charge is -2.39. The molecule has 1 aromatic heterocycles. The topological polar surface area (TPSA) is 40.5 Å². The molecule has 4 nitrogen and oxygen atoms in total. The van der Waals surface area contributed by atoms with E-state index >= 15 is 0 Å². The molecule has 0 aromatic carbocycles. The fourth-order valence-electron chi connectivity index (χ4n) is 2.47. The third-order valence-corrected chi connectivity index (χ3v) is 4.69. The largest absolute Gasteiger partial charge is 0.357 e. The number of aryl methyl sites for hydroxylation is 1. The number of guanidine groups is 1. The summed E-state index contributed by atoms with van der Waals surface area (Å²) < 4.78 is 0.288. The molecule has 0 amide bonds. The minimum absolute atomic E-state index is 0.288. The average molecular weight is 306 g/mol. The quantitative estimate of drug-likeness (QED) is 0.688. The van der Waals surface area contributed by atoms with Crippen molar-refractivity contribution in [1.82, 2.24) is 15.2 Å². The Labute approximate surface area is 132 Å². The molecule has 0 atom stereocenters. The molecule has 1 saturated heterocycles. The second-order valence-corrected chi connectivity index (χ2v) is 7.77. The van der Waals surface area contributed by atoms with Gasteiger partial charge in [-0.1, -0.05) is 6.07 Å². The van der Waals surface area contributed by atoms with Crippen LogP contribution in [-0.2, 0) is 6.54 Å². The van der Waals surface area contributed by atoms with Gasteiger partial charge in [0.25, 0.3) is 0 Å². The highest BCUT2D eigenvalue weighted by Gasteiger charge is 2.28. The van der Waals surface area contributed by atoms with E-state index in [0.717, 1.165) is 42.7 Å². The van der Waals surface area contributed by atoms with Gasteiger partial charge in [-0.25, -0.2) is 4.99 Å². The lowest BCUT2D eigenvalue weighted by atomic mass is 10.2. The van der Waals surface area contributed by atoms with E-state index in [9.17, 15) is 0 Å². The summed E-state index contributed by atoms with van der Waals surface area (Å²) >= 11 is 2.04. The van der Waals surface area contributed by atoms with Crippen molar-refractivity contribution in [2.75, 3.05) is 25.4 Å². The van der Waals surface area contributed by atoms with Crippen molar-refractivity contribution >= 4 is 17.7 Å². The van der Waals surface area contributed by atoms with E-state index in [1.54, 1.807) is 0 Å². The van der Waals surface area contributed by atoms with Gasteiger partial charge in [0, 0.05) is 35.8 Å². The van der Waals surface area contributed by atoms with Crippen LogP contribution in [-0.4, -0.2) is 46.0 Å². The van der Waals surface area contributed by atoms with E-state index in [-0.39, 0.29) is 4.75 Å². The molecule has 21 heavy (non-hydrogen) atoms. The van der Waals surface area contributed by atoms with E-state index in [1.807, 2.05) is 36.9 Å². The fraction of sp³-hybridized carbons (Fsp3) is 0.625. The Hall–Kier alpha value is -1.23. The molecule has 2 rings (SSSR count). The summed E-state index contributed by atoms with van der Waals surface area (Å²) in [6.07, 6.45) is 0. The predicted molar refractivity (Wildman–Crippen MR) is 91.9 cm³/mol. The molecule has 1 fully saturated rings. The van der Waals surface area contributed by atoms with Gasteiger partial charge in [-0.2, -0.15) is 11.8 Å². The Kier molecular flexibility index (Phi) is 5.51. The molecule has 0 radical (unpaired) electrons. The first-order valence-electron chi connectivity index (χ1n) is 7.60. The highest BCUT2D eigenvalue weighted by molar-refractivity contribution is 8.00. The molecule has 116 valence electrons. The first-order valence-corrected chi connectivity index (χ1v) is 8.58. The summed E-state index contributed by atoms with van der Waals surface area (Å²) in [6, 6.07) is 6.10. The first-order chi connectivity index (χ1) is 10.00. The number of nitrogens with zero attached hydrogens (tertiary/aromatic N) is 3. The van der Waals surface area contributed by atoms with Gasteiger partial charge in [0.05, 0.1) is 12.2 Å². The average Bonchev–Trinajstić information content (AvgIpc) is 2.42. The van der Waals surface area contributed by atoms with E-state index < -0.39 is 0 Å². The van der Waals surface area contributed by atoms with E-state index in [0.29, 0.717) is 6.54 Å². The monoisotopic (exact) mass is 306 g/mol. The molecule has 5 heteroatoms. The Morgan fingerprint density at radius 3 is 2.95 bits per heavy atom. The van der Waals surface area contributed by atoms with Crippen molar-refractivity contribution in [2.45, 2.75) is 39.0 Å². The maximum atomic E-state index is 4.77. The number of hydrogen-bond donors (Lipinski definition) is 1. The third kappa shape index (κ3) is 4.92. The maximum absolute atomic E-state index is 4.77. The number of hydrogen-bond acceptors (Lipinski definition) is 3. The number of nitrogens with one attached hydrogen (secondary N) is 1. The highest BCUT2D eigenvalue weighted by atomic mass is 32.2. The molecule has 2 heterocycles. The van der Waals surface area contributed by atoms with Crippen LogP contribution in [0.25, 0.3) is 0 Å². The van der Waals surface area contributed by atoms with Crippen molar-refractivity contribution in [3.63, 3.8) is 0 Å². The summed E-state index contributed by atoms with van der Waals surface area (Å²) in [4.78, 5) is 11.7. The van der Waals surface area contributed by atoms with Crippen LogP contribution >= 0.6 is 11.8 Å². The normalized spacial score (nSPS) is 18.7. The van der Waals surface area contributed by atoms with Gasteiger partial charge < -0.3 is 10.2 Å². The van der Waals surface area contributed by atoms with Crippen molar-refractivity contribution in [3.8, 4) is 0 Å². The summed E-state index contributed by atoms with van der Waals surface area (Å²) in [6.45, 7) is 12.3. The van der Waals surface area contributed by atoms with Gasteiger partial charge in [0.15, 0.2) is 5.96 Å². The van der Waals surface area contributed by atoms with Gasteiger partial charge in [-0.3, -0.25) is 4.98 Å². The summed E-state index contributed by atoms with van der Waals surface area (Å²) in [5.41, 5.74) is 2.07. The van der Waals surface area contributed by atoms with Gasteiger partial charge in [0.2, 0.25) is 0 Å². The number of rotatable bonds is 3. The Morgan fingerprint density at radius 1 is 1.48 bits per heavy atom. The number of aliphatic imine (C=N–C) groups is 1. The predicted octanol–water partition coefficient (Wildman–Crippen LogP) is 2.68.